The molecule has 0 spiro atoms. The lowest BCUT2D eigenvalue weighted by Gasteiger charge is -2.09. The summed E-state index contributed by atoms with van der Waals surface area (Å²) in [6, 6.07) is 17.4. The summed E-state index contributed by atoms with van der Waals surface area (Å²) in [4.78, 5) is 4.57. The molecule has 120 valence electrons. The van der Waals surface area contributed by atoms with Crippen LogP contribution in [0.25, 0.3) is 33.9 Å². The zero-order valence-electron chi connectivity index (χ0n) is 13.5. The fourth-order valence-corrected chi connectivity index (χ4v) is 2.62. The minimum absolute atomic E-state index is 0.125. The SMILES string of the molecule is CC(C)Oc1cccc(-c2nc3ccc(-c4ccco4)cc3o2)c1. The van der Waals surface area contributed by atoms with Crippen LogP contribution in [0.3, 0.4) is 0 Å². The molecule has 0 amide bonds. The van der Waals surface area contributed by atoms with E-state index >= 15 is 0 Å². The van der Waals surface area contributed by atoms with Gasteiger partial charge in [0.05, 0.1) is 12.4 Å². The number of fused-ring (bicyclic) bond motifs is 1. The Morgan fingerprint density at radius 1 is 0.958 bits per heavy atom. The van der Waals surface area contributed by atoms with Crippen LogP contribution in [-0.2, 0) is 0 Å². The third kappa shape index (κ3) is 2.78. The van der Waals surface area contributed by atoms with Gasteiger partial charge in [-0.2, -0.15) is 0 Å². The van der Waals surface area contributed by atoms with Crippen LogP contribution in [0.5, 0.6) is 5.75 Å². The number of ether oxygens (including phenoxy) is 1. The number of nitrogens with zero attached hydrogens (tertiary/aromatic N) is 1. The summed E-state index contributed by atoms with van der Waals surface area (Å²) in [6.45, 7) is 4.00. The molecule has 2 heterocycles. The monoisotopic (exact) mass is 319 g/mol. The average molecular weight is 319 g/mol. The van der Waals surface area contributed by atoms with Crippen LogP contribution in [0, 0.1) is 0 Å². The summed E-state index contributed by atoms with van der Waals surface area (Å²) in [5, 5.41) is 0. The molecule has 24 heavy (non-hydrogen) atoms. The molecule has 0 fully saturated rings. The van der Waals surface area contributed by atoms with Crippen LogP contribution in [0.15, 0.2) is 69.7 Å². The highest BCUT2D eigenvalue weighted by Gasteiger charge is 2.11. The zero-order valence-corrected chi connectivity index (χ0v) is 13.5. The number of hydrogen-bond donors (Lipinski definition) is 0. The van der Waals surface area contributed by atoms with Gasteiger partial charge in [-0.05, 0) is 62.4 Å². The van der Waals surface area contributed by atoms with E-state index in [1.165, 1.54) is 0 Å². The predicted molar refractivity (Wildman–Crippen MR) is 92.9 cm³/mol. The van der Waals surface area contributed by atoms with E-state index < -0.39 is 0 Å². The normalized spacial score (nSPS) is 11.3. The molecular formula is C20H17NO3. The summed E-state index contributed by atoms with van der Waals surface area (Å²) in [5.74, 6) is 2.19. The Morgan fingerprint density at radius 3 is 2.67 bits per heavy atom. The van der Waals surface area contributed by atoms with Crippen LogP contribution >= 0.6 is 0 Å². The van der Waals surface area contributed by atoms with E-state index in [2.05, 4.69) is 4.98 Å². The molecule has 4 rings (SSSR count). The van der Waals surface area contributed by atoms with Gasteiger partial charge in [-0.3, -0.25) is 0 Å². The van der Waals surface area contributed by atoms with E-state index in [0.717, 1.165) is 33.7 Å². The highest BCUT2D eigenvalue weighted by atomic mass is 16.5. The Kier molecular flexibility index (Phi) is 3.58. The molecule has 0 saturated heterocycles. The first kappa shape index (κ1) is 14.6. The second kappa shape index (κ2) is 5.89. The molecule has 0 N–H and O–H groups in total. The molecule has 0 radical (unpaired) electrons. The number of hydrogen-bond acceptors (Lipinski definition) is 4. The number of rotatable bonds is 4. The van der Waals surface area contributed by atoms with Gasteiger partial charge in [0.25, 0.3) is 0 Å². The average Bonchev–Trinajstić information content (AvgIpc) is 3.23. The zero-order chi connectivity index (χ0) is 16.5. The van der Waals surface area contributed by atoms with Gasteiger partial charge in [0.2, 0.25) is 5.89 Å². The van der Waals surface area contributed by atoms with Crippen molar-refractivity contribution >= 4 is 11.1 Å². The first-order chi connectivity index (χ1) is 11.7. The van der Waals surface area contributed by atoms with Crippen molar-refractivity contribution in [3.05, 3.63) is 60.9 Å². The predicted octanol–water partition coefficient (Wildman–Crippen LogP) is 5.54. The van der Waals surface area contributed by atoms with Crippen molar-refractivity contribution in [2.75, 3.05) is 0 Å². The van der Waals surface area contributed by atoms with Crippen molar-refractivity contribution in [2.24, 2.45) is 0 Å². The number of oxazole rings is 1. The Bertz CT molecular complexity index is 968. The van der Waals surface area contributed by atoms with Crippen LogP contribution in [0.1, 0.15) is 13.8 Å². The lowest BCUT2D eigenvalue weighted by atomic mass is 10.1. The Balaban J connectivity index is 1.72. The molecular weight excluding hydrogens is 302 g/mol. The van der Waals surface area contributed by atoms with Crippen LogP contribution in [0.2, 0.25) is 0 Å². The van der Waals surface area contributed by atoms with Crippen molar-refractivity contribution < 1.29 is 13.6 Å². The van der Waals surface area contributed by atoms with Crippen molar-refractivity contribution in [1.82, 2.24) is 4.98 Å². The van der Waals surface area contributed by atoms with Crippen LogP contribution < -0.4 is 4.74 Å². The lowest BCUT2D eigenvalue weighted by Crippen LogP contribution is -2.05. The van der Waals surface area contributed by atoms with E-state index in [1.807, 2.05) is 68.4 Å². The van der Waals surface area contributed by atoms with Gasteiger partial charge in [-0.25, -0.2) is 4.98 Å². The van der Waals surface area contributed by atoms with Gasteiger partial charge in [0, 0.05) is 11.1 Å². The quantitative estimate of drug-likeness (QED) is 0.495. The first-order valence-electron chi connectivity index (χ1n) is 7.90. The summed E-state index contributed by atoms with van der Waals surface area (Å²) < 4.78 is 17.1. The second-order valence-electron chi connectivity index (χ2n) is 5.87. The van der Waals surface area contributed by atoms with E-state index in [4.69, 9.17) is 13.6 Å². The third-order valence-corrected chi connectivity index (χ3v) is 3.65. The van der Waals surface area contributed by atoms with Crippen molar-refractivity contribution in [3.8, 4) is 28.5 Å². The summed E-state index contributed by atoms with van der Waals surface area (Å²) in [5.41, 5.74) is 3.40. The molecule has 4 heteroatoms. The van der Waals surface area contributed by atoms with E-state index in [-0.39, 0.29) is 6.10 Å². The molecule has 2 aromatic carbocycles. The highest BCUT2D eigenvalue weighted by Crippen LogP contribution is 2.30. The minimum Gasteiger partial charge on any atom is -0.491 e. The Hall–Kier alpha value is -3.01. The number of aromatic nitrogens is 1. The topological polar surface area (TPSA) is 48.4 Å². The molecule has 2 aromatic heterocycles. The van der Waals surface area contributed by atoms with Gasteiger partial charge in [-0.1, -0.05) is 6.07 Å². The molecule has 4 aromatic rings. The van der Waals surface area contributed by atoms with E-state index in [0.29, 0.717) is 5.89 Å². The molecule has 0 saturated carbocycles. The van der Waals surface area contributed by atoms with Gasteiger partial charge < -0.3 is 13.6 Å². The third-order valence-electron chi connectivity index (χ3n) is 3.65. The fraction of sp³-hybridized carbons (Fsp3) is 0.150. The maximum Gasteiger partial charge on any atom is 0.227 e. The number of benzene rings is 2. The van der Waals surface area contributed by atoms with Crippen LogP contribution in [-0.4, -0.2) is 11.1 Å². The molecule has 0 aliphatic heterocycles. The summed E-state index contributed by atoms with van der Waals surface area (Å²) >= 11 is 0. The fourth-order valence-electron chi connectivity index (χ4n) is 2.62. The molecule has 0 atom stereocenters. The number of furan rings is 1. The Labute approximate surface area is 139 Å². The smallest absolute Gasteiger partial charge is 0.227 e. The molecule has 0 unspecified atom stereocenters. The maximum absolute atomic E-state index is 5.94. The van der Waals surface area contributed by atoms with Crippen molar-refractivity contribution in [2.45, 2.75) is 20.0 Å². The second-order valence-corrected chi connectivity index (χ2v) is 5.87. The summed E-state index contributed by atoms with van der Waals surface area (Å²) in [7, 11) is 0. The molecule has 0 aliphatic carbocycles. The van der Waals surface area contributed by atoms with Crippen molar-refractivity contribution in [1.29, 1.82) is 0 Å². The first-order valence-corrected chi connectivity index (χ1v) is 7.90. The maximum atomic E-state index is 5.94. The van der Waals surface area contributed by atoms with Gasteiger partial charge in [0.15, 0.2) is 5.58 Å². The standard InChI is InChI=1S/C20H17NO3/c1-13(2)23-16-6-3-5-15(11-16)20-21-17-9-8-14(12-19(17)24-20)18-7-4-10-22-18/h3-13H,1-2H3. The largest absolute Gasteiger partial charge is 0.491 e. The molecule has 0 bridgehead atoms. The van der Waals surface area contributed by atoms with Gasteiger partial charge in [-0.15, -0.1) is 0 Å². The van der Waals surface area contributed by atoms with Gasteiger partial charge >= 0.3 is 0 Å². The summed E-state index contributed by atoms with van der Waals surface area (Å²) in [6.07, 6.45) is 1.78. The van der Waals surface area contributed by atoms with Crippen molar-refractivity contribution in [3.63, 3.8) is 0 Å². The lowest BCUT2D eigenvalue weighted by molar-refractivity contribution is 0.242. The van der Waals surface area contributed by atoms with E-state index in [1.54, 1.807) is 6.26 Å². The molecule has 4 nitrogen and oxygen atoms in total. The Morgan fingerprint density at radius 2 is 1.88 bits per heavy atom. The molecule has 0 aliphatic rings. The van der Waals surface area contributed by atoms with Gasteiger partial charge in [0.1, 0.15) is 17.0 Å². The minimum atomic E-state index is 0.125. The van der Waals surface area contributed by atoms with E-state index in [9.17, 15) is 0 Å². The van der Waals surface area contributed by atoms with Crippen LogP contribution in [0.4, 0.5) is 0 Å². The highest BCUT2D eigenvalue weighted by molar-refractivity contribution is 5.81.